The summed E-state index contributed by atoms with van der Waals surface area (Å²) in [5.41, 5.74) is 2.80. The lowest BCUT2D eigenvalue weighted by Gasteiger charge is -2.12. The quantitative estimate of drug-likeness (QED) is 0.667. The monoisotopic (exact) mass is 306 g/mol. The zero-order chi connectivity index (χ0) is 13.8. The normalized spacial score (nSPS) is 18.5. The number of anilines is 1. The highest BCUT2D eigenvalue weighted by atomic mass is 35.5. The van der Waals surface area contributed by atoms with E-state index < -0.39 is 4.92 Å². The first kappa shape index (κ1) is 14.3. The number of rotatable bonds is 5. The molecule has 19 heavy (non-hydrogen) atoms. The van der Waals surface area contributed by atoms with E-state index in [0.717, 1.165) is 13.0 Å². The van der Waals surface area contributed by atoms with Crippen molar-refractivity contribution in [2.75, 3.05) is 25.3 Å². The largest absolute Gasteiger partial charge is 0.381 e. The zero-order valence-corrected chi connectivity index (χ0v) is 11.4. The fraction of sp³-hybridized carbons (Fsp3) is 0.455. The topological polar surface area (TPSA) is 73.6 Å². The highest BCUT2D eigenvalue weighted by molar-refractivity contribution is 6.39. The fourth-order valence-corrected chi connectivity index (χ4v) is 2.26. The second-order valence-electron chi connectivity index (χ2n) is 4.18. The molecule has 0 spiro atoms. The van der Waals surface area contributed by atoms with Gasteiger partial charge in [0.2, 0.25) is 0 Å². The number of nitrogens with zero attached hydrogens (tertiary/aromatic N) is 1. The number of nitrogens with one attached hydrogen (secondary N) is 1. The van der Waals surface area contributed by atoms with Crippen LogP contribution < -0.4 is 5.48 Å². The maximum Gasteiger partial charge on any atom is 0.272 e. The van der Waals surface area contributed by atoms with Crippen molar-refractivity contribution in [1.82, 2.24) is 0 Å². The first-order valence-electron chi connectivity index (χ1n) is 5.67. The molecule has 1 unspecified atom stereocenters. The Bertz CT molecular complexity index is 455. The van der Waals surface area contributed by atoms with Crippen LogP contribution in [0.5, 0.6) is 0 Å². The Labute approximate surface area is 119 Å². The van der Waals surface area contributed by atoms with Crippen molar-refractivity contribution in [3.8, 4) is 0 Å². The first-order valence-corrected chi connectivity index (χ1v) is 6.42. The summed E-state index contributed by atoms with van der Waals surface area (Å²) in [7, 11) is 0. The predicted octanol–water partition coefficient (Wildman–Crippen LogP) is 3.28. The summed E-state index contributed by atoms with van der Waals surface area (Å²) >= 11 is 11.8. The molecule has 1 aromatic carbocycles. The smallest absolute Gasteiger partial charge is 0.272 e. The summed E-state index contributed by atoms with van der Waals surface area (Å²) in [6, 6.07) is 2.44. The number of nitro benzene ring substituents is 1. The number of benzene rings is 1. The van der Waals surface area contributed by atoms with Crippen LogP contribution in [-0.2, 0) is 9.57 Å². The Balaban J connectivity index is 1.97. The number of nitro groups is 1. The molecule has 1 heterocycles. The third kappa shape index (κ3) is 3.70. The molecule has 6 nitrogen and oxygen atoms in total. The van der Waals surface area contributed by atoms with E-state index in [1.54, 1.807) is 0 Å². The van der Waals surface area contributed by atoms with Crippen molar-refractivity contribution in [3.05, 3.63) is 32.3 Å². The van der Waals surface area contributed by atoms with Crippen molar-refractivity contribution in [2.24, 2.45) is 5.92 Å². The highest BCUT2D eigenvalue weighted by Gasteiger charge is 2.18. The van der Waals surface area contributed by atoms with E-state index in [4.69, 9.17) is 32.8 Å². The van der Waals surface area contributed by atoms with Crippen LogP contribution in [-0.4, -0.2) is 24.7 Å². The molecule has 1 aliphatic rings. The van der Waals surface area contributed by atoms with Crippen LogP contribution in [0.2, 0.25) is 10.0 Å². The average Bonchev–Trinajstić information content (AvgIpc) is 2.85. The van der Waals surface area contributed by atoms with Gasteiger partial charge in [0.15, 0.2) is 0 Å². The summed E-state index contributed by atoms with van der Waals surface area (Å²) in [4.78, 5) is 15.4. The van der Waals surface area contributed by atoms with Gasteiger partial charge >= 0.3 is 0 Å². The van der Waals surface area contributed by atoms with Gasteiger partial charge in [-0.15, -0.1) is 0 Å². The minimum atomic E-state index is -0.557. The summed E-state index contributed by atoms with van der Waals surface area (Å²) < 4.78 is 5.21. The lowest BCUT2D eigenvalue weighted by Crippen LogP contribution is -2.13. The van der Waals surface area contributed by atoms with Gasteiger partial charge in [0.25, 0.3) is 5.69 Å². The van der Waals surface area contributed by atoms with Crippen LogP contribution in [0, 0.1) is 16.0 Å². The molecule has 1 saturated heterocycles. The van der Waals surface area contributed by atoms with Crippen LogP contribution >= 0.6 is 23.2 Å². The van der Waals surface area contributed by atoms with Gasteiger partial charge in [0.05, 0.1) is 33.9 Å². The van der Waals surface area contributed by atoms with Crippen molar-refractivity contribution in [1.29, 1.82) is 0 Å². The number of hydrogen-bond acceptors (Lipinski definition) is 5. The van der Waals surface area contributed by atoms with Crippen molar-refractivity contribution in [3.63, 3.8) is 0 Å². The Morgan fingerprint density at radius 2 is 2.16 bits per heavy atom. The van der Waals surface area contributed by atoms with Gasteiger partial charge in [0.1, 0.15) is 0 Å². The Hall–Kier alpha value is -1.08. The number of non-ortho nitro benzene ring substituents is 1. The second-order valence-corrected chi connectivity index (χ2v) is 5.00. The van der Waals surface area contributed by atoms with Gasteiger partial charge in [0, 0.05) is 24.7 Å². The Morgan fingerprint density at radius 1 is 1.47 bits per heavy atom. The predicted molar refractivity (Wildman–Crippen MR) is 71.6 cm³/mol. The van der Waals surface area contributed by atoms with E-state index in [2.05, 4.69) is 5.48 Å². The van der Waals surface area contributed by atoms with E-state index in [1.165, 1.54) is 12.1 Å². The molecule has 0 amide bonds. The van der Waals surface area contributed by atoms with E-state index in [-0.39, 0.29) is 15.7 Å². The van der Waals surface area contributed by atoms with Gasteiger partial charge in [-0.3, -0.25) is 20.4 Å². The molecule has 2 rings (SSSR count). The minimum absolute atomic E-state index is 0.141. The van der Waals surface area contributed by atoms with Crippen molar-refractivity contribution >= 4 is 34.6 Å². The van der Waals surface area contributed by atoms with E-state index in [1.807, 2.05) is 0 Å². The summed E-state index contributed by atoms with van der Waals surface area (Å²) in [5.74, 6) is 0.336. The SMILES string of the molecule is O=[N+]([O-])c1cc(Cl)c(NOCC2CCOC2)c(Cl)c1. The number of hydrogen-bond donors (Lipinski definition) is 1. The molecule has 1 aromatic rings. The molecule has 104 valence electrons. The van der Waals surface area contributed by atoms with Crippen molar-refractivity contribution < 1.29 is 14.5 Å². The molecular formula is C11H12Cl2N2O4. The van der Waals surface area contributed by atoms with Crippen LogP contribution in [0.15, 0.2) is 12.1 Å². The van der Waals surface area contributed by atoms with Crippen LogP contribution in [0.3, 0.4) is 0 Å². The van der Waals surface area contributed by atoms with Gasteiger partial charge in [-0.1, -0.05) is 23.2 Å². The van der Waals surface area contributed by atoms with Crippen LogP contribution in [0.4, 0.5) is 11.4 Å². The maximum absolute atomic E-state index is 10.6. The minimum Gasteiger partial charge on any atom is -0.381 e. The first-order chi connectivity index (χ1) is 9.08. The molecule has 8 heteroatoms. The molecule has 1 aliphatic heterocycles. The lowest BCUT2D eigenvalue weighted by molar-refractivity contribution is -0.384. The van der Waals surface area contributed by atoms with Gasteiger partial charge in [-0.25, -0.2) is 0 Å². The fourth-order valence-electron chi connectivity index (χ4n) is 1.71. The molecular weight excluding hydrogens is 295 g/mol. The molecule has 1 atom stereocenters. The maximum atomic E-state index is 10.6. The molecule has 0 aliphatic carbocycles. The summed E-state index contributed by atoms with van der Waals surface area (Å²) in [6.07, 6.45) is 0.948. The lowest BCUT2D eigenvalue weighted by atomic mass is 10.1. The molecule has 0 radical (unpaired) electrons. The summed E-state index contributed by atoms with van der Waals surface area (Å²) in [5, 5.41) is 10.9. The molecule has 1 N–H and O–H groups in total. The zero-order valence-electron chi connectivity index (χ0n) is 9.90. The van der Waals surface area contributed by atoms with E-state index in [9.17, 15) is 10.1 Å². The van der Waals surface area contributed by atoms with Crippen LogP contribution in [0.1, 0.15) is 6.42 Å². The Morgan fingerprint density at radius 3 is 2.68 bits per heavy atom. The van der Waals surface area contributed by atoms with Gasteiger partial charge in [-0.05, 0) is 6.42 Å². The number of ether oxygens (including phenoxy) is 1. The average molecular weight is 307 g/mol. The van der Waals surface area contributed by atoms with Gasteiger partial charge < -0.3 is 4.74 Å². The third-order valence-electron chi connectivity index (χ3n) is 2.75. The third-order valence-corrected chi connectivity index (χ3v) is 3.35. The van der Waals surface area contributed by atoms with E-state index >= 15 is 0 Å². The summed E-state index contributed by atoms with van der Waals surface area (Å²) in [6.45, 7) is 1.88. The van der Waals surface area contributed by atoms with Gasteiger partial charge in [-0.2, -0.15) is 0 Å². The second kappa shape index (κ2) is 6.38. The highest BCUT2D eigenvalue weighted by Crippen LogP contribution is 2.34. The standard InChI is InChI=1S/C11H12Cl2N2O4/c12-9-3-8(15(16)17)4-10(13)11(9)14-19-6-7-1-2-18-5-7/h3-4,7,14H,1-2,5-6H2. The van der Waals surface area contributed by atoms with Crippen LogP contribution in [0.25, 0.3) is 0 Å². The molecule has 0 aromatic heterocycles. The number of halogens is 2. The molecule has 0 bridgehead atoms. The molecule has 1 fully saturated rings. The molecule has 0 saturated carbocycles. The van der Waals surface area contributed by atoms with Crippen molar-refractivity contribution in [2.45, 2.75) is 6.42 Å². The Kier molecular flexibility index (Phi) is 4.81. The van der Waals surface area contributed by atoms with E-state index in [0.29, 0.717) is 24.8 Å².